The number of ether oxygens (including phenoxy) is 1. The molecule has 1 aliphatic rings. The van der Waals surface area contributed by atoms with Crippen molar-refractivity contribution in [3.63, 3.8) is 0 Å². The van der Waals surface area contributed by atoms with Gasteiger partial charge in [0.1, 0.15) is 12.9 Å². The van der Waals surface area contributed by atoms with Gasteiger partial charge in [-0.3, -0.25) is 14.3 Å². The fourth-order valence-electron chi connectivity index (χ4n) is 2.03. The molecule has 1 aliphatic heterocycles. The maximum absolute atomic E-state index is 11.6. The summed E-state index contributed by atoms with van der Waals surface area (Å²) in [5, 5.41) is 28.5. The Labute approximate surface area is 110 Å². The molecule has 0 aliphatic carbocycles. The van der Waals surface area contributed by atoms with Crippen LogP contribution in [0.5, 0.6) is 0 Å². The summed E-state index contributed by atoms with van der Waals surface area (Å²) in [5.74, 6) is -0.740. The molecule has 2 aromatic rings. The highest BCUT2D eigenvalue weighted by atomic mass is 16.5. The Bertz CT molecular complexity index is 763. The van der Waals surface area contributed by atoms with Crippen LogP contribution >= 0.6 is 0 Å². The van der Waals surface area contributed by atoms with Gasteiger partial charge in [0, 0.05) is 0 Å². The second kappa shape index (κ2) is 4.21. The normalized spacial score (nSPS) is 22.5. The van der Waals surface area contributed by atoms with E-state index in [0.29, 0.717) is 0 Å². The van der Waals surface area contributed by atoms with E-state index in [1.54, 1.807) is 0 Å². The van der Waals surface area contributed by atoms with Gasteiger partial charge < -0.3 is 25.8 Å². The van der Waals surface area contributed by atoms with Gasteiger partial charge in [-0.25, -0.2) is 4.98 Å². The van der Waals surface area contributed by atoms with Gasteiger partial charge >= 0.3 is 0 Å². The van der Waals surface area contributed by atoms with Gasteiger partial charge in [-0.15, -0.1) is 0 Å². The van der Waals surface area contributed by atoms with E-state index in [-0.39, 0.29) is 22.9 Å². The van der Waals surface area contributed by atoms with Crippen molar-refractivity contribution in [1.29, 1.82) is 0 Å². The number of hydrogen-bond donors (Lipinski definition) is 5. The number of hydrogen-bond acceptors (Lipinski definition) is 8. The molecule has 2 atom stereocenters. The number of fused-ring (bicyclic) bond motifs is 1. The maximum Gasteiger partial charge on any atom is 0.280 e. The summed E-state index contributed by atoms with van der Waals surface area (Å²) in [6, 6.07) is 0. The quantitative estimate of drug-likeness (QED) is 0.438. The molecule has 0 saturated heterocycles. The Morgan fingerprint density at radius 1 is 1.55 bits per heavy atom. The third-order valence-corrected chi connectivity index (χ3v) is 2.97. The first-order valence-electron chi connectivity index (χ1n) is 5.63. The number of imidazole rings is 1. The second-order valence-corrected chi connectivity index (χ2v) is 4.20. The summed E-state index contributed by atoms with van der Waals surface area (Å²) in [5.41, 5.74) is 5.05. The molecule has 3 rings (SSSR count). The standard InChI is InChI=1S/C10H11N5O5/c11-10-13-7-4(8(19)14-10)12-2-15(7)9-6(18)5(17)3(1-16)20-9/h2,6,9,16-18H,1H2,(H3,11,13,14,19)/t6?,9-/m1/s1. The van der Waals surface area contributed by atoms with Crippen LogP contribution in [-0.4, -0.2) is 47.5 Å². The van der Waals surface area contributed by atoms with Crippen molar-refractivity contribution in [2.45, 2.75) is 12.3 Å². The minimum Gasteiger partial charge on any atom is -0.506 e. The summed E-state index contributed by atoms with van der Waals surface area (Å²) < 4.78 is 6.48. The van der Waals surface area contributed by atoms with E-state index in [0.717, 1.165) is 0 Å². The topological polar surface area (TPSA) is 160 Å². The SMILES string of the molecule is Nc1nc2c(ncn2[C@@H]2OC(CO)=C(O)C2O)c(=O)[nH]1. The number of nitrogens with one attached hydrogen (secondary N) is 1. The van der Waals surface area contributed by atoms with Crippen molar-refractivity contribution in [3.05, 3.63) is 28.2 Å². The van der Waals surface area contributed by atoms with E-state index in [1.807, 2.05) is 0 Å². The van der Waals surface area contributed by atoms with Crippen LogP contribution in [0.25, 0.3) is 11.2 Å². The molecule has 6 N–H and O–H groups in total. The van der Waals surface area contributed by atoms with Crippen LogP contribution in [0.15, 0.2) is 22.6 Å². The smallest absolute Gasteiger partial charge is 0.280 e. The van der Waals surface area contributed by atoms with Gasteiger partial charge in [0.15, 0.2) is 28.8 Å². The summed E-state index contributed by atoms with van der Waals surface area (Å²) >= 11 is 0. The minimum atomic E-state index is -1.41. The molecule has 0 amide bonds. The lowest BCUT2D eigenvalue weighted by Crippen LogP contribution is -2.23. The van der Waals surface area contributed by atoms with Gasteiger partial charge in [0.05, 0.1) is 0 Å². The van der Waals surface area contributed by atoms with E-state index in [2.05, 4.69) is 15.0 Å². The zero-order valence-corrected chi connectivity index (χ0v) is 10.0. The van der Waals surface area contributed by atoms with Crippen LogP contribution in [-0.2, 0) is 4.74 Å². The lowest BCUT2D eigenvalue weighted by atomic mass is 10.2. The molecule has 0 saturated carbocycles. The average Bonchev–Trinajstić information content (AvgIpc) is 2.93. The van der Waals surface area contributed by atoms with Gasteiger partial charge in [0.25, 0.3) is 5.56 Å². The number of H-pyrrole nitrogens is 1. The largest absolute Gasteiger partial charge is 0.506 e. The van der Waals surface area contributed by atoms with E-state index < -0.39 is 30.3 Å². The van der Waals surface area contributed by atoms with Crippen LogP contribution in [0.1, 0.15) is 6.23 Å². The third-order valence-electron chi connectivity index (χ3n) is 2.97. The zero-order chi connectivity index (χ0) is 14.4. The highest BCUT2D eigenvalue weighted by Gasteiger charge is 2.37. The second-order valence-electron chi connectivity index (χ2n) is 4.20. The van der Waals surface area contributed by atoms with Crippen molar-refractivity contribution >= 4 is 17.1 Å². The van der Waals surface area contributed by atoms with Crippen LogP contribution in [0.2, 0.25) is 0 Å². The summed E-state index contributed by atoms with van der Waals surface area (Å²) in [4.78, 5) is 21.7. The highest BCUT2D eigenvalue weighted by Crippen LogP contribution is 2.32. The van der Waals surface area contributed by atoms with Crippen molar-refractivity contribution in [2.75, 3.05) is 12.3 Å². The Kier molecular flexibility index (Phi) is 2.62. The monoisotopic (exact) mass is 281 g/mol. The predicted octanol–water partition coefficient (Wildman–Crippen LogP) is -1.65. The van der Waals surface area contributed by atoms with Crippen molar-refractivity contribution in [1.82, 2.24) is 19.5 Å². The number of rotatable bonds is 2. The number of anilines is 1. The molecule has 0 bridgehead atoms. The molecule has 0 radical (unpaired) electrons. The molecule has 106 valence electrons. The number of aromatic nitrogens is 4. The first kappa shape index (κ1) is 12.4. The molecule has 3 heterocycles. The number of aliphatic hydroxyl groups excluding tert-OH is 3. The van der Waals surface area contributed by atoms with Crippen LogP contribution in [0.3, 0.4) is 0 Å². The van der Waals surface area contributed by atoms with E-state index in [9.17, 15) is 15.0 Å². The van der Waals surface area contributed by atoms with Gasteiger partial charge in [-0.05, 0) is 0 Å². The number of nitrogens with zero attached hydrogens (tertiary/aromatic N) is 3. The molecular weight excluding hydrogens is 270 g/mol. The van der Waals surface area contributed by atoms with Crippen LogP contribution < -0.4 is 11.3 Å². The number of aromatic amines is 1. The number of nitrogens with two attached hydrogens (primary N) is 1. The highest BCUT2D eigenvalue weighted by molar-refractivity contribution is 5.70. The van der Waals surface area contributed by atoms with Crippen molar-refractivity contribution in [2.24, 2.45) is 0 Å². The Balaban J connectivity index is 2.11. The Hall–Kier alpha value is -2.59. The molecular formula is C10H11N5O5. The van der Waals surface area contributed by atoms with Gasteiger partial charge in [-0.1, -0.05) is 0 Å². The van der Waals surface area contributed by atoms with E-state index in [1.165, 1.54) is 10.9 Å². The molecule has 2 aromatic heterocycles. The number of nitrogen functional groups attached to an aromatic ring is 1. The predicted molar refractivity (Wildman–Crippen MR) is 65.4 cm³/mol. The lowest BCUT2D eigenvalue weighted by Gasteiger charge is -2.16. The van der Waals surface area contributed by atoms with E-state index >= 15 is 0 Å². The number of aliphatic hydroxyl groups is 3. The van der Waals surface area contributed by atoms with Crippen molar-refractivity contribution in [3.8, 4) is 0 Å². The Morgan fingerprint density at radius 3 is 2.95 bits per heavy atom. The fraction of sp³-hybridized carbons (Fsp3) is 0.300. The maximum atomic E-state index is 11.6. The van der Waals surface area contributed by atoms with E-state index in [4.69, 9.17) is 15.6 Å². The first-order chi connectivity index (χ1) is 9.52. The molecule has 1 unspecified atom stereocenters. The molecule has 0 fully saturated rings. The average molecular weight is 281 g/mol. The summed E-state index contributed by atoms with van der Waals surface area (Å²) in [7, 11) is 0. The minimum absolute atomic E-state index is 0.0203. The molecule has 0 aromatic carbocycles. The van der Waals surface area contributed by atoms with Crippen LogP contribution in [0.4, 0.5) is 5.95 Å². The lowest BCUT2D eigenvalue weighted by molar-refractivity contribution is -0.0119. The third kappa shape index (κ3) is 1.62. The summed E-state index contributed by atoms with van der Waals surface area (Å²) in [6.07, 6.45) is -1.26. The van der Waals surface area contributed by atoms with Gasteiger partial charge in [0.2, 0.25) is 12.2 Å². The van der Waals surface area contributed by atoms with Crippen LogP contribution in [0, 0.1) is 0 Å². The fourth-order valence-corrected chi connectivity index (χ4v) is 2.03. The van der Waals surface area contributed by atoms with Crippen molar-refractivity contribution < 1.29 is 20.1 Å². The molecule has 10 heteroatoms. The molecule has 10 nitrogen and oxygen atoms in total. The molecule has 0 spiro atoms. The Morgan fingerprint density at radius 2 is 2.30 bits per heavy atom. The zero-order valence-electron chi connectivity index (χ0n) is 10.0. The molecule has 20 heavy (non-hydrogen) atoms. The first-order valence-corrected chi connectivity index (χ1v) is 5.63. The van der Waals surface area contributed by atoms with Gasteiger partial charge in [-0.2, -0.15) is 4.98 Å². The summed E-state index contributed by atoms with van der Waals surface area (Å²) in [6.45, 7) is -0.567.